The molecule has 3 nitrogen and oxygen atoms in total. The average molecular weight is 329 g/mol. The predicted octanol–water partition coefficient (Wildman–Crippen LogP) is 3.85. The normalized spacial score (nSPS) is 24.7. The summed E-state index contributed by atoms with van der Waals surface area (Å²) in [5.41, 5.74) is 2.59. The van der Waals surface area contributed by atoms with E-state index >= 15 is 0 Å². The Hall–Kier alpha value is -1.65. The monoisotopic (exact) mass is 329 g/mol. The van der Waals surface area contributed by atoms with E-state index in [2.05, 4.69) is 24.1 Å². The Morgan fingerprint density at radius 2 is 2.09 bits per heavy atom. The lowest BCUT2D eigenvalue weighted by Gasteiger charge is -2.36. The number of thiophene rings is 1. The lowest BCUT2D eigenvalue weighted by Crippen LogP contribution is -2.41. The molecule has 2 aliphatic rings. The predicted molar refractivity (Wildman–Crippen MR) is 94.8 cm³/mol. The van der Waals surface area contributed by atoms with Crippen LogP contribution in [0.25, 0.3) is 0 Å². The highest BCUT2D eigenvalue weighted by atomic mass is 32.1. The number of rotatable bonds is 3. The molecule has 1 fully saturated rings. The maximum absolute atomic E-state index is 12.2. The minimum absolute atomic E-state index is 0.113. The van der Waals surface area contributed by atoms with E-state index in [-0.39, 0.29) is 5.92 Å². The van der Waals surface area contributed by atoms with Crippen LogP contribution in [0.2, 0.25) is 0 Å². The molecule has 0 aromatic carbocycles. The standard InChI is InChI=1S/C19H23NO2S/c1-19(18(21)22,15-9-12-23-13-15)17-6-4-3-5-16(17)14-7-10-20(2)11-8-14/h3-6,9,12-13,17H,7-8,10-11H2,1-2H3,(H,21,22). The third-order valence-electron chi connectivity index (χ3n) is 5.21. The second-order valence-electron chi connectivity index (χ2n) is 6.60. The van der Waals surface area contributed by atoms with E-state index in [1.165, 1.54) is 11.1 Å². The molecular formula is C19H23NO2S. The first-order valence-corrected chi connectivity index (χ1v) is 8.99. The fourth-order valence-electron chi connectivity index (χ4n) is 3.56. The largest absolute Gasteiger partial charge is 0.481 e. The van der Waals surface area contributed by atoms with E-state index < -0.39 is 11.4 Å². The molecule has 0 saturated carbocycles. The van der Waals surface area contributed by atoms with Gasteiger partial charge in [-0.1, -0.05) is 29.9 Å². The van der Waals surface area contributed by atoms with Crippen LogP contribution in [0.1, 0.15) is 25.3 Å². The number of allylic oxidation sites excluding steroid dienone is 5. The van der Waals surface area contributed by atoms with Crippen molar-refractivity contribution < 1.29 is 9.90 Å². The molecule has 1 aliphatic heterocycles. The molecule has 1 N–H and O–H groups in total. The van der Waals surface area contributed by atoms with Crippen molar-refractivity contribution in [3.63, 3.8) is 0 Å². The van der Waals surface area contributed by atoms with Crippen molar-refractivity contribution in [2.24, 2.45) is 5.92 Å². The SMILES string of the molecule is CN1CCC(=C2C=CC=CC2C(C)(C(=O)O)c2ccsc2)CC1. The molecule has 0 amide bonds. The third kappa shape index (κ3) is 2.93. The van der Waals surface area contributed by atoms with Gasteiger partial charge in [-0.2, -0.15) is 11.3 Å². The minimum atomic E-state index is -0.924. The van der Waals surface area contributed by atoms with E-state index in [1.807, 2.05) is 35.9 Å². The number of nitrogens with zero attached hydrogens (tertiary/aromatic N) is 1. The molecule has 0 radical (unpaired) electrons. The van der Waals surface area contributed by atoms with Gasteiger partial charge in [-0.15, -0.1) is 0 Å². The van der Waals surface area contributed by atoms with Crippen LogP contribution in [-0.2, 0) is 10.2 Å². The second-order valence-corrected chi connectivity index (χ2v) is 7.38. The molecule has 2 unspecified atom stereocenters. The van der Waals surface area contributed by atoms with Crippen LogP contribution in [0.4, 0.5) is 0 Å². The summed E-state index contributed by atoms with van der Waals surface area (Å²) in [6, 6.07) is 1.95. The van der Waals surface area contributed by atoms with Crippen LogP contribution >= 0.6 is 11.3 Å². The van der Waals surface area contributed by atoms with Crippen molar-refractivity contribution in [3.8, 4) is 0 Å². The highest BCUT2D eigenvalue weighted by Crippen LogP contribution is 2.42. The number of likely N-dealkylation sites (tertiary alicyclic amines) is 1. The molecule has 122 valence electrons. The lowest BCUT2D eigenvalue weighted by atomic mass is 9.67. The third-order valence-corrected chi connectivity index (χ3v) is 5.89. The molecule has 3 rings (SSSR count). The van der Waals surface area contributed by atoms with Crippen LogP contribution in [0.5, 0.6) is 0 Å². The molecule has 1 aromatic rings. The number of hydrogen-bond acceptors (Lipinski definition) is 3. The molecule has 0 bridgehead atoms. The summed E-state index contributed by atoms with van der Waals surface area (Å²) >= 11 is 1.56. The van der Waals surface area contributed by atoms with Crippen molar-refractivity contribution in [1.29, 1.82) is 0 Å². The first kappa shape index (κ1) is 16.2. The van der Waals surface area contributed by atoms with Crippen molar-refractivity contribution in [3.05, 3.63) is 57.8 Å². The molecule has 1 aromatic heterocycles. The highest BCUT2D eigenvalue weighted by Gasteiger charge is 2.44. The van der Waals surface area contributed by atoms with Crippen molar-refractivity contribution >= 4 is 17.3 Å². The summed E-state index contributed by atoms with van der Waals surface area (Å²) in [5.74, 6) is -0.870. The minimum Gasteiger partial charge on any atom is -0.481 e. The Labute approximate surface area is 141 Å². The zero-order chi connectivity index (χ0) is 16.4. The van der Waals surface area contributed by atoms with Gasteiger partial charge >= 0.3 is 5.97 Å². The molecule has 2 atom stereocenters. The van der Waals surface area contributed by atoms with Crippen molar-refractivity contribution in [1.82, 2.24) is 4.90 Å². The van der Waals surface area contributed by atoms with Crippen molar-refractivity contribution in [2.75, 3.05) is 20.1 Å². The summed E-state index contributed by atoms with van der Waals surface area (Å²) in [6.07, 6.45) is 10.3. The van der Waals surface area contributed by atoms with Gasteiger partial charge < -0.3 is 10.0 Å². The van der Waals surface area contributed by atoms with Gasteiger partial charge in [0.1, 0.15) is 5.41 Å². The summed E-state index contributed by atoms with van der Waals surface area (Å²) in [7, 11) is 2.14. The topological polar surface area (TPSA) is 40.5 Å². The Bertz CT molecular complexity index is 662. The first-order valence-electron chi connectivity index (χ1n) is 8.05. The van der Waals surface area contributed by atoms with Gasteiger partial charge in [0.2, 0.25) is 0 Å². The van der Waals surface area contributed by atoms with Gasteiger partial charge in [0.25, 0.3) is 0 Å². The zero-order valence-corrected chi connectivity index (χ0v) is 14.5. The van der Waals surface area contributed by atoms with Crippen LogP contribution in [0.15, 0.2) is 52.3 Å². The number of piperidine rings is 1. The molecule has 1 aliphatic carbocycles. The van der Waals surface area contributed by atoms with Gasteiger partial charge in [-0.3, -0.25) is 4.79 Å². The number of aliphatic carboxylic acids is 1. The Kier molecular flexibility index (Phi) is 4.55. The van der Waals surface area contributed by atoms with E-state index in [0.29, 0.717) is 0 Å². The summed E-state index contributed by atoms with van der Waals surface area (Å²) in [5, 5.41) is 14.0. The van der Waals surface area contributed by atoms with E-state index in [0.717, 1.165) is 31.5 Å². The molecular weight excluding hydrogens is 306 g/mol. The second kappa shape index (κ2) is 6.46. The summed E-state index contributed by atoms with van der Waals surface area (Å²) < 4.78 is 0. The van der Waals surface area contributed by atoms with Crippen LogP contribution in [0.3, 0.4) is 0 Å². The Morgan fingerprint density at radius 3 is 2.70 bits per heavy atom. The van der Waals surface area contributed by atoms with Gasteiger partial charge in [0, 0.05) is 19.0 Å². The maximum atomic E-state index is 12.2. The number of carboxylic acids is 1. The van der Waals surface area contributed by atoms with Gasteiger partial charge in [-0.25, -0.2) is 0 Å². The first-order chi connectivity index (χ1) is 11.0. The molecule has 23 heavy (non-hydrogen) atoms. The summed E-state index contributed by atoms with van der Waals surface area (Å²) in [6.45, 7) is 3.96. The molecule has 2 heterocycles. The molecule has 1 saturated heterocycles. The van der Waals surface area contributed by atoms with Crippen LogP contribution in [0, 0.1) is 5.92 Å². The van der Waals surface area contributed by atoms with E-state index in [4.69, 9.17) is 0 Å². The maximum Gasteiger partial charge on any atom is 0.314 e. The fraction of sp³-hybridized carbons (Fsp3) is 0.421. The van der Waals surface area contributed by atoms with Crippen LogP contribution in [-0.4, -0.2) is 36.1 Å². The van der Waals surface area contributed by atoms with Gasteiger partial charge in [0.05, 0.1) is 0 Å². The Balaban J connectivity index is 2.04. The average Bonchev–Trinajstić information content (AvgIpc) is 3.09. The molecule has 0 spiro atoms. The summed E-state index contributed by atoms with van der Waals surface area (Å²) in [4.78, 5) is 14.5. The van der Waals surface area contributed by atoms with Crippen LogP contribution < -0.4 is 0 Å². The van der Waals surface area contributed by atoms with Crippen molar-refractivity contribution in [2.45, 2.75) is 25.2 Å². The van der Waals surface area contributed by atoms with E-state index in [9.17, 15) is 9.90 Å². The zero-order valence-electron chi connectivity index (χ0n) is 13.7. The van der Waals surface area contributed by atoms with E-state index in [1.54, 1.807) is 11.3 Å². The number of carboxylic acid groups (broad SMARTS) is 1. The quantitative estimate of drug-likeness (QED) is 0.915. The number of carbonyl (C=O) groups is 1. The van der Waals surface area contributed by atoms with Gasteiger partial charge in [0.15, 0.2) is 0 Å². The number of hydrogen-bond donors (Lipinski definition) is 1. The molecule has 4 heteroatoms. The van der Waals surface area contributed by atoms with Gasteiger partial charge in [-0.05, 0) is 54.8 Å². The Morgan fingerprint density at radius 1 is 1.35 bits per heavy atom. The fourth-order valence-corrected chi connectivity index (χ4v) is 4.33. The lowest BCUT2D eigenvalue weighted by molar-refractivity contribution is -0.144. The highest BCUT2D eigenvalue weighted by molar-refractivity contribution is 7.08. The smallest absolute Gasteiger partial charge is 0.314 e.